The van der Waals surface area contributed by atoms with E-state index in [9.17, 15) is 0 Å². The van der Waals surface area contributed by atoms with Crippen LogP contribution in [0.5, 0.6) is 0 Å². The van der Waals surface area contributed by atoms with Crippen LogP contribution in [0.1, 0.15) is 5.56 Å². The van der Waals surface area contributed by atoms with Crippen molar-refractivity contribution in [2.24, 2.45) is 0 Å². The van der Waals surface area contributed by atoms with Gasteiger partial charge in [-0.15, -0.1) is 0 Å². The number of fused-ring (bicyclic) bond motifs is 3. The van der Waals surface area contributed by atoms with Crippen LogP contribution in [0.4, 0.5) is 0 Å². The van der Waals surface area contributed by atoms with E-state index in [1.54, 1.807) is 0 Å². The Kier molecular flexibility index (Phi) is 3.80. The lowest BCUT2D eigenvalue weighted by Gasteiger charge is -2.06. The molecule has 0 N–H and O–H groups in total. The van der Waals surface area contributed by atoms with Crippen molar-refractivity contribution >= 4 is 37.7 Å². The Labute approximate surface area is 165 Å². The largest absolute Gasteiger partial charge is 0.255 e. The van der Waals surface area contributed by atoms with E-state index in [4.69, 9.17) is 5.10 Å². The van der Waals surface area contributed by atoms with Gasteiger partial charge in [-0.05, 0) is 37.3 Å². The van der Waals surface area contributed by atoms with Crippen molar-refractivity contribution in [2.45, 2.75) is 6.92 Å². The molecule has 27 heavy (non-hydrogen) atoms. The van der Waals surface area contributed by atoms with Gasteiger partial charge in [-0.3, -0.25) is 4.98 Å². The number of para-hydroxylation sites is 1. The maximum atomic E-state index is 5.00. The van der Waals surface area contributed by atoms with Crippen LogP contribution in [0.15, 0.2) is 83.5 Å². The highest BCUT2D eigenvalue weighted by molar-refractivity contribution is 9.10. The standard InChI is InChI=1S/C23H16BrN3/c1-15-7-9-16(10-8-15)22-20-14-25-21-12-11-17(24)13-19(21)23(20)27(26-22)18-5-3-2-4-6-18/h2-14H,1H3. The molecule has 0 radical (unpaired) electrons. The number of hydrogen-bond donors (Lipinski definition) is 0. The zero-order valence-corrected chi connectivity index (χ0v) is 16.3. The van der Waals surface area contributed by atoms with E-state index in [2.05, 4.69) is 70.3 Å². The fraction of sp³-hybridized carbons (Fsp3) is 0.0435. The molecule has 0 aliphatic heterocycles. The Morgan fingerprint density at radius 3 is 2.41 bits per heavy atom. The van der Waals surface area contributed by atoms with E-state index in [-0.39, 0.29) is 0 Å². The van der Waals surface area contributed by atoms with E-state index in [0.717, 1.165) is 43.2 Å². The third-order valence-electron chi connectivity index (χ3n) is 4.79. The minimum Gasteiger partial charge on any atom is -0.255 e. The molecule has 2 heterocycles. The number of nitrogens with zero attached hydrogens (tertiary/aromatic N) is 3. The molecule has 5 aromatic rings. The smallest absolute Gasteiger partial charge is 0.102 e. The highest BCUT2D eigenvalue weighted by atomic mass is 79.9. The minimum atomic E-state index is 0.947. The fourth-order valence-corrected chi connectivity index (χ4v) is 3.80. The number of aromatic nitrogens is 3. The van der Waals surface area contributed by atoms with Crippen LogP contribution in [0.2, 0.25) is 0 Å². The lowest BCUT2D eigenvalue weighted by atomic mass is 10.1. The molecule has 0 fully saturated rings. The molecule has 0 amide bonds. The molecule has 4 heteroatoms. The SMILES string of the molecule is Cc1ccc(-c2nn(-c3ccccc3)c3c2cnc2ccc(Br)cc23)cc1. The molecule has 0 aliphatic carbocycles. The summed E-state index contributed by atoms with van der Waals surface area (Å²) in [6.07, 6.45) is 1.94. The molecule has 130 valence electrons. The van der Waals surface area contributed by atoms with E-state index >= 15 is 0 Å². The maximum Gasteiger partial charge on any atom is 0.102 e. The van der Waals surface area contributed by atoms with Gasteiger partial charge in [0.05, 0.1) is 16.7 Å². The van der Waals surface area contributed by atoms with Gasteiger partial charge in [0.1, 0.15) is 5.69 Å². The Balaban J connectivity index is 1.91. The molecule has 0 saturated carbocycles. The van der Waals surface area contributed by atoms with Crippen LogP contribution in [0.3, 0.4) is 0 Å². The number of halogens is 1. The van der Waals surface area contributed by atoms with Crippen LogP contribution < -0.4 is 0 Å². The summed E-state index contributed by atoms with van der Waals surface area (Å²) in [6.45, 7) is 2.09. The predicted molar refractivity (Wildman–Crippen MR) is 114 cm³/mol. The van der Waals surface area contributed by atoms with Gasteiger partial charge in [-0.1, -0.05) is 64.0 Å². The van der Waals surface area contributed by atoms with Crippen molar-refractivity contribution in [3.63, 3.8) is 0 Å². The van der Waals surface area contributed by atoms with E-state index in [1.807, 2.05) is 41.2 Å². The minimum absolute atomic E-state index is 0.947. The van der Waals surface area contributed by atoms with Gasteiger partial charge >= 0.3 is 0 Å². The van der Waals surface area contributed by atoms with Gasteiger partial charge in [0.25, 0.3) is 0 Å². The van der Waals surface area contributed by atoms with Crippen LogP contribution >= 0.6 is 15.9 Å². The normalized spacial score (nSPS) is 11.3. The molecule has 0 unspecified atom stereocenters. The molecule has 0 saturated heterocycles. The molecular weight excluding hydrogens is 398 g/mol. The summed E-state index contributed by atoms with van der Waals surface area (Å²) >= 11 is 3.60. The summed E-state index contributed by atoms with van der Waals surface area (Å²) in [5.41, 5.74) is 6.34. The predicted octanol–water partition coefficient (Wildman–Crippen LogP) is 6.31. The third-order valence-corrected chi connectivity index (χ3v) is 5.29. The van der Waals surface area contributed by atoms with Gasteiger partial charge in [-0.2, -0.15) is 5.10 Å². The Hall–Kier alpha value is -2.98. The Morgan fingerprint density at radius 2 is 1.63 bits per heavy atom. The first-order valence-corrected chi connectivity index (χ1v) is 9.59. The van der Waals surface area contributed by atoms with Gasteiger partial charge in [-0.25, -0.2) is 4.68 Å². The summed E-state index contributed by atoms with van der Waals surface area (Å²) in [5.74, 6) is 0. The zero-order chi connectivity index (χ0) is 18.4. The Bertz CT molecular complexity index is 1270. The molecule has 5 rings (SSSR count). The number of hydrogen-bond acceptors (Lipinski definition) is 2. The first kappa shape index (κ1) is 16.2. The monoisotopic (exact) mass is 413 g/mol. The fourth-order valence-electron chi connectivity index (χ4n) is 3.44. The van der Waals surface area contributed by atoms with Crippen LogP contribution in [-0.2, 0) is 0 Å². The average molecular weight is 414 g/mol. The van der Waals surface area contributed by atoms with E-state index < -0.39 is 0 Å². The van der Waals surface area contributed by atoms with Crippen LogP contribution in [-0.4, -0.2) is 14.8 Å². The maximum absolute atomic E-state index is 5.00. The zero-order valence-electron chi connectivity index (χ0n) is 14.7. The summed E-state index contributed by atoms with van der Waals surface area (Å²) in [5, 5.41) is 7.13. The second-order valence-electron chi connectivity index (χ2n) is 6.64. The Morgan fingerprint density at radius 1 is 0.852 bits per heavy atom. The molecule has 0 aliphatic rings. The van der Waals surface area contributed by atoms with Gasteiger partial charge in [0.2, 0.25) is 0 Å². The van der Waals surface area contributed by atoms with Crippen molar-refractivity contribution in [1.82, 2.24) is 14.8 Å². The lowest BCUT2D eigenvalue weighted by Crippen LogP contribution is -1.96. The quantitative estimate of drug-likeness (QED) is 0.339. The van der Waals surface area contributed by atoms with Crippen molar-refractivity contribution in [2.75, 3.05) is 0 Å². The summed E-state index contributed by atoms with van der Waals surface area (Å²) < 4.78 is 3.06. The van der Waals surface area contributed by atoms with Gasteiger partial charge in [0.15, 0.2) is 0 Å². The average Bonchev–Trinajstić information content (AvgIpc) is 3.09. The van der Waals surface area contributed by atoms with Crippen molar-refractivity contribution < 1.29 is 0 Å². The van der Waals surface area contributed by atoms with Crippen LogP contribution in [0, 0.1) is 6.92 Å². The highest BCUT2D eigenvalue weighted by Gasteiger charge is 2.17. The summed E-state index contributed by atoms with van der Waals surface area (Å²) in [4.78, 5) is 4.69. The second-order valence-corrected chi connectivity index (χ2v) is 7.56. The molecule has 3 aromatic carbocycles. The van der Waals surface area contributed by atoms with Crippen molar-refractivity contribution in [3.05, 3.63) is 89.0 Å². The molecule has 3 nitrogen and oxygen atoms in total. The molecule has 0 atom stereocenters. The van der Waals surface area contributed by atoms with Gasteiger partial charge in [0, 0.05) is 27.0 Å². The first-order chi connectivity index (χ1) is 13.2. The second kappa shape index (κ2) is 6.32. The number of benzene rings is 3. The number of pyridine rings is 1. The van der Waals surface area contributed by atoms with Crippen molar-refractivity contribution in [3.8, 4) is 16.9 Å². The van der Waals surface area contributed by atoms with Gasteiger partial charge < -0.3 is 0 Å². The van der Waals surface area contributed by atoms with Crippen LogP contribution in [0.25, 0.3) is 38.8 Å². The number of aryl methyl sites for hydroxylation is 1. The lowest BCUT2D eigenvalue weighted by molar-refractivity contribution is 0.917. The highest BCUT2D eigenvalue weighted by Crippen LogP contribution is 2.34. The topological polar surface area (TPSA) is 30.7 Å². The molecular formula is C23H16BrN3. The van der Waals surface area contributed by atoms with E-state index in [1.165, 1.54) is 5.56 Å². The van der Waals surface area contributed by atoms with E-state index in [0.29, 0.717) is 0 Å². The third kappa shape index (κ3) is 2.73. The first-order valence-electron chi connectivity index (χ1n) is 8.80. The summed E-state index contributed by atoms with van der Waals surface area (Å²) in [7, 11) is 0. The molecule has 0 spiro atoms. The molecule has 2 aromatic heterocycles. The summed E-state index contributed by atoms with van der Waals surface area (Å²) in [6, 6.07) is 24.9. The molecule has 0 bridgehead atoms. The van der Waals surface area contributed by atoms with Crippen molar-refractivity contribution in [1.29, 1.82) is 0 Å². The number of rotatable bonds is 2.